The number of hydrogen-bond acceptors (Lipinski definition) is 7. The van der Waals surface area contributed by atoms with E-state index in [1.54, 1.807) is 0 Å². The van der Waals surface area contributed by atoms with Crippen molar-refractivity contribution >= 4 is 35.8 Å². The van der Waals surface area contributed by atoms with Crippen molar-refractivity contribution in [3.05, 3.63) is 59.7 Å². The lowest BCUT2D eigenvalue weighted by molar-refractivity contribution is 0.166. The number of anilines is 1. The minimum Gasteiger partial charge on any atom is -0.303 e. The molecule has 0 saturated carbocycles. The molecule has 4 rings (SSSR count). The van der Waals surface area contributed by atoms with Gasteiger partial charge >= 0.3 is 0 Å². The van der Waals surface area contributed by atoms with Gasteiger partial charge in [-0.1, -0.05) is 0 Å². The summed E-state index contributed by atoms with van der Waals surface area (Å²) in [7, 11) is -10.5. The van der Waals surface area contributed by atoms with Gasteiger partial charge in [0.05, 0.1) is 17.4 Å². The molecule has 2 aliphatic rings. The molecule has 1 atom stereocenters. The van der Waals surface area contributed by atoms with Gasteiger partial charge in [0.25, 0.3) is 0 Å². The Balaban J connectivity index is 1.30. The predicted octanol–water partition coefficient (Wildman–Crippen LogP) is 3.17. The summed E-state index contributed by atoms with van der Waals surface area (Å²) >= 11 is 0. The van der Waals surface area contributed by atoms with E-state index in [2.05, 4.69) is 14.3 Å². The zero-order chi connectivity index (χ0) is 31.4. The molecule has 10 nitrogen and oxygen atoms in total. The lowest BCUT2D eigenvalue weighted by Gasteiger charge is -2.37. The van der Waals surface area contributed by atoms with Crippen molar-refractivity contribution in [1.29, 1.82) is 0 Å². The molecule has 2 fully saturated rings. The van der Waals surface area contributed by atoms with Gasteiger partial charge in [-0.15, -0.1) is 0 Å². The molecule has 2 aromatic rings. The second kappa shape index (κ2) is 13.9. The van der Waals surface area contributed by atoms with Crippen molar-refractivity contribution in [2.24, 2.45) is 11.8 Å². The third-order valence-electron chi connectivity index (χ3n) is 8.34. The number of likely N-dealkylation sites (tertiary alicyclic amines) is 1. The average molecular weight is 663 g/mol. The van der Waals surface area contributed by atoms with Crippen molar-refractivity contribution in [1.82, 2.24) is 13.9 Å². The summed E-state index contributed by atoms with van der Waals surface area (Å²) in [5.74, 6) is -1.12. The van der Waals surface area contributed by atoms with E-state index >= 15 is 0 Å². The van der Waals surface area contributed by atoms with Crippen molar-refractivity contribution in [3.8, 4) is 0 Å². The van der Waals surface area contributed by atoms with E-state index in [-0.39, 0.29) is 34.9 Å². The Bertz CT molecular complexity index is 1550. The molecule has 2 N–H and O–H groups in total. The van der Waals surface area contributed by atoms with Crippen LogP contribution in [0.2, 0.25) is 0 Å². The van der Waals surface area contributed by atoms with Gasteiger partial charge < -0.3 is 4.90 Å². The quantitative estimate of drug-likeness (QED) is 0.357. The first kappa shape index (κ1) is 33.7. The third kappa shape index (κ3) is 9.91. The van der Waals surface area contributed by atoms with Gasteiger partial charge in [-0.3, -0.25) is 4.72 Å². The van der Waals surface area contributed by atoms with E-state index in [0.717, 1.165) is 38.3 Å². The monoisotopic (exact) mass is 662 g/mol. The molecule has 43 heavy (non-hydrogen) atoms. The number of hydrogen-bond donors (Lipinski definition) is 2. The van der Waals surface area contributed by atoms with Crippen molar-refractivity contribution < 1.29 is 34.0 Å². The number of halogens is 2. The Morgan fingerprint density at radius 3 is 1.95 bits per heavy atom. The van der Waals surface area contributed by atoms with Gasteiger partial charge in [0.2, 0.25) is 30.1 Å². The van der Waals surface area contributed by atoms with Crippen molar-refractivity contribution in [3.63, 3.8) is 0 Å². The molecule has 0 amide bonds. The van der Waals surface area contributed by atoms with E-state index in [0.29, 0.717) is 44.5 Å². The Hall–Kier alpha value is -2.17. The fraction of sp³-hybridized carbons (Fsp3) is 0.571. The summed E-state index contributed by atoms with van der Waals surface area (Å²) in [4.78, 5) is 2.33. The Kier molecular flexibility index (Phi) is 10.9. The van der Waals surface area contributed by atoms with Gasteiger partial charge in [-0.05, 0) is 111 Å². The van der Waals surface area contributed by atoms with Crippen molar-refractivity contribution in [2.45, 2.75) is 42.9 Å². The first-order valence-electron chi connectivity index (χ1n) is 14.3. The molecular formula is C28H40F2N4O6S3. The highest BCUT2D eigenvalue weighted by atomic mass is 32.2. The lowest BCUT2D eigenvalue weighted by Crippen LogP contribution is -2.41. The molecule has 0 unspecified atom stereocenters. The van der Waals surface area contributed by atoms with Crippen LogP contribution in [0.5, 0.6) is 0 Å². The SMILES string of the molecule is CS(=O)(=O)Nc1ccc(S(=O)(=O)NCC2CCN(CC[C@@H](c3cc(F)cc(F)c3)C3CCN(S(C)(=O)=O)CC3)CC2)cc1. The summed E-state index contributed by atoms with van der Waals surface area (Å²) in [6, 6.07) is 9.12. The van der Waals surface area contributed by atoms with E-state index in [1.165, 1.54) is 47.0 Å². The smallest absolute Gasteiger partial charge is 0.240 e. The lowest BCUT2D eigenvalue weighted by atomic mass is 9.78. The molecule has 0 aromatic heterocycles. The number of nitrogens with zero attached hydrogens (tertiary/aromatic N) is 2. The standard InChI is InChI=1S/C28H40F2N4O6S3/c1-41(35,36)32-26-3-5-27(6-4-26)43(39,40)31-20-21-7-12-33(13-8-21)14-11-28(23-17-24(29)19-25(30)18-23)22-9-15-34(16-10-22)42(2,37)38/h3-6,17-19,21-22,28,31-32H,7-16,20H2,1-2H3/t28-/m1/s1. The molecule has 2 aromatic carbocycles. The largest absolute Gasteiger partial charge is 0.303 e. The minimum absolute atomic E-state index is 0.0474. The Morgan fingerprint density at radius 2 is 1.42 bits per heavy atom. The zero-order valence-corrected chi connectivity index (χ0v) is 26.8. The second-order valence-corrected chi connectivity index (χ2v) is 17.1. The number of piperidine rings is 2. The Labute approximate surface area is 254 Å². The number of nitrogens with one attached hydrogen (secondary N) is 2. The maximum absolute atomic E-state index is 14.1. The first-order chi connectivity index (χ1) is 20.1. The summed E-state index contributed by atoms with van der Waals surface area (Å²) in [5, 5.41) is 0. The summed E-state index contributed by atoms with van der Waals surface area (Å²) in [5.41, 5.74) is 0.873. The highest BCUT2D eigenvalue weighted by molar-refractivity contribution is 7.92. The summed E-state index contributed by atoms with van der Waals surface area (Å²) in [6.45, 7) is 3.29. The molecule has 2 saturated heterocycles. The molecule has 0 aliphatic carbocycles. The topological polar surface area (TPSA) is 133 Å². The van der Waals surface area contributed by atoms with Crippen LogP contribution in [0, 0.1) is 23.5 Å². The van der Waals surface area contributed by atoms with Crippen LogP contribution in [0.1, 0.15) is 43.6 Å². The third-order valence-corrected chi connectivity index (χ3v) is 11.7. The van der Waals surface area contributed by atoms with Crippen LogP contribution in [-0.4, -0.2) is 86.2 Å². The van der Waals surface area contributed by atoms with Crippen LogP contribution < -0.4 is 9.44 Å². The van der Waals surface area contributed by atoms with Crippen LogP contribution >= 0.6 is 0 Å². The molecule has 240 valence electrons. The molecular weight excluding hydrogens is 623 g/mol. The molecule has 15 heteroatoms. The van der Waals surface area contributed by atoms with E-state index in [1.807, 2.05) is 0 Å². The van der Waals surface area contributed by atoms with Crippen molar-refractivity contribution in [2.75, 3.05) is 56.5 Å². The number of sulfonamides is 3. The molecule has 0 radical (unpaired) electrons. The fourth-order valence-corrected chi connectivity index (χ4v) is 8.59. The maximum atomic E-state index is 14.1. The average Bonchev–Trinajstić information content (AvgIpc) is 2.91. The minimum atomic E-state index is -3.76. The van der Waals surface area contributed by atoms with Gasteiger partial charge in [-0.2, -0.15) is 0 Å². The van der Waals surface area contributed by atoms with Crippen LogP contribution in [0.3, 0.4) is 0 Å². The van der Waals surface area contributed by atoms with Gasteiger partial charge in [-0.25, -0.2) is 43.1 Å². The van der Waals surface area contributed by atoms with E-state index in [4.69, 9.17) is 0 Å². The highest BCUT2D eigenvalue weighted by Gasteiger charge is 2.32. The van der Waals surface area contributed by atoms with Gasteiger partial charge in [0.15, 0.2) is 0 Å². The van der Waals surface area contributed by atoms with Gasteiger partial charge in [0, 0.05) is 31.4 Å². The predicted molar refractivity (Wildman–Crippen MR) is 162 cm³/mol. The first-order valence-corrected chi connectivity index (χ1v) is 19.5. The van der Waals surface area contributed by atoms with E-state index in [9.17, 15) is 34.0 Å². The fourth-order valence-electron chi connectivity index (χ4n) is 6.04. The normalized spacial score (nSPS) is 19.3. The maximum Gasteiger partial charge on any atom is 0.240 e. The number of benzene rings is 2. The summed E-state index contributed by atoms with van der Waals surface area (Å²) < 4.78 is 107. The molecule has 0 spiro atoms. The van der Waals surface area contributed by atoms with E-state index < -0.39 is 41.7 Å². The van der Waals surface area contributed by atoms with Crippen LogP contribution in [-0.2, 0) is 30.1 Å². The molecule has 0 bridgehead atoms. The van der Waals surface area contributed by atoms with Crippen LogP contribution in [0.25, 0.3) is 0 Å². The molecule has 2 aliphatic heterocycles. The number of rotatable bonds is 12. The van der Waals surface area contributed by atoms with Crippen LogP contribution in [0.4, 0.5) is 14.5 Å². The highest BCUT2D eigenvalue weighted by Crippen LogP contribution is 2.37. The second-order valence-electron chi connectivity index (χ2n) is 11.6. The van der Waals surface area contributed by atoms with Gasteiger partial charge in [0.1, 0.15) is 11.6 Å². The van der Waals surface area contributed by atoms with Crippen LogP contribution in [0.15, 0.2) is 47.4 Å². The Morgan fingerprint density at radius 1 is 0.837 bits per heavy atom. The summed E-state index contributed by atoms with van der Waals surface area (Å²) in [6.07, 6.45) is 5.69. The zero-order valence-electron chi connectivity index (χ0n) is 24.4. The molecule has 2 heterocycles.